The zero-order valence-corrected chi connectivity index (χ0v) is 11.3. The standard InChI is InChI=1S/C16H15N3O2/c20-15-7-1-12(2-8-15)11-18-13-3-5-14(6-4-13)19-10-9-17-16(19)21/h1-10,18,20H,11H2,(H,17,21). The molecule has 2 aromatic carbocycles. The summed E-state index contributed by atoms with van der Waals surface area (Å²) in [6.07, 6.45) is 3.31. The fraction of sp³-hybridized carbons (Fsp3) is 0.0625. The van der Waals surface area contributed by atoms with E-state index >= 15 is 0 Å². The third-order valence-corrected chi connectivity index (χ3v) is 3.23. The second-order valence-corrected chi connectivity index (χ2v) is 4.70. The smallest absolute Gasteiger partial charge is 0.330 e. The fourth-order valence-corrected chi connectivity index (χ4v) is 2.08. The summed E-state index contributed by atoms with van der Waals surface area (Å²) in [5, 5.41) is 12.5. The molecule has 106 valence electrons. The molecule has 1 heterocycles. The van der Waals surface area contributed by atoms with Gasteiger partial charge in [0, 0.05) is 24.6 Å². The summed E-state index contributed by atoms with van der Waals surface area (Å²) in [6.45, 7) is 0.670. The minimum atomic E-state index is -0.153. The van der Waals surface area contributed by atoms with Crippen molar-refractivity contribution in [2.24, 2.45) is 0 Å². The lowest BCUT2D eigenvalue weighted by molar-refractivity contribution is 0.475. The van der Waals surface area contributed by atoms with E-state index in [1.165, 1.54) is 0 Å². The van der Waals surface area contributed by atoms with Gasteiger partial charge in [-0.2, -0.15) is 0 Å². The number of imidazole rings is 1. The molecule has 0 bridgehead atoms. The Bertz CT molecular complexity index is 770. The molecule has 0 fully saturated rings. The molecule has 3 aromatic rings. The minimum absolute atomic E-state index is 0.153. The molecule has 5 heteroatoms. The summed E-state index contributed by atoms with van der Waals surface area (Å²) < 4.78 is 1.55. The number of anilines is 1. The van der Waals surface area contributed by atoms with Crippen LogP contribution in [0.2, 0.25) is 0 Å². The van der Waals surface area contributed by atoms with Crippen LogP contribution in [-0.4, -0.2) is 14.7 Å². The second-order valence-electron chi connectivity index (χ2n) is 4.70. The molecule has 0 aliphatic carbocycles. The van der Waals surface area contributed by atoms with Crippen molar-refractivity contribution in [3.8, 4) is 11.4 Å². The van der Waals surface area contributed by atoms with E-state index in [9.17, 15) is 9.90 Å². The lowest BCUT2D eigenvalue weighted by Gasteiger charge is -2.08. The molecule has 5 nitrogen and oxygen atoms in total. The van der Waals surface area contributed by atoms with Gasteiger partial charge in [0.15, 0.2) is 0 Å². The molecule has 1 aromatic heterocycles. The Morgan fingerprint density at radius 3 is 2.38 bits per heavy atom. The third kappa shape index (κ3) is 2.97. The maximum Gasteiger partial charge on any atom is 0.330 e. The zero-order valence-electron chi connectivity index (χ0n) is 11.3. The fourth-order valence-electron chi connectivity index (χ4n) is 2.08. The predicted octanol–water partition coefficient (Wildman–Crippen LogP) is 2.48. The summed E-state index contributed by atoms with van der Waals surface area (Å²) in [6, 6.07) is 14.7. The van der Waals surface area contributed by atoms with Crippen LogP contribution in [0.1, 0.15) is 5.56 Å². The molecule has 3 N–H and O–H groups in total. The molecule has 21 heavy (non-hydrogen) atoms. The van der Waals surface area contributed by atoms with Crippen molar-refractivity contribution in [3.63, 3.8) is 0 Å². The SMILES string of the molecule is O=c1[nH]ccn1-c1ccc(NCc2ccc(O)cc2)cc1. The van der Waals surface area contributed by atoms with Crippen LogP contribution in [-0.2, 0) is 6.54 Å². The number of aromatic nitrogens is 2. The summed E-state index contributed by atoms with van der Waals surface area (Å²) in [5.74, 6) is 0.264. The Hall–Kier alpha value is -2.95. The van der Waals surface area contributed by atoms with Gasteiger partial charge < -0.3 is 15.4 Å². The van der Waals surface area contributed by atoms with Gasteiger partial charge in [0.25, 0.3) is 0 Å². The van der Waals surface area contributed by atoms with E-state index in [1.807, 2.05) is 36.4 Å². The number of nitrogens with one attached hydrogen (secondary N) is 2. The van der Waals surface area contributed by atoms with E-state index in [1.54, 1.807) is 29.1 Å². The second kappa shape index (κ2) is 5.58. The number of aromatic hydroxyl groups is 1. The Morgan fingerprint density at radius 1 is 1.05 bits per heavy atom. The molecule has 3 rings (SSSR count). The average molecular weight is 281 g/mol. The molecule has 0 saturated carbocycles. The highest BCUT2D eigenvalue weighted by molar-refractivity contribution is 5.49. The van der Waals surface area contributed by atoms with Crippen LogP contribution in [0.4, 0.5) is 5.69 Å². The number of rotatable bonds is 4. The van der Waals surface area contributed by atoms with Crippen molar-refractivity contribution in [2.45, 2.75) is 6.54 Å². The van der Waals surface area contributed by atoms with E-state index in [4.69, 9.17) is 0 Å². The number of nitrogens with zero attached hydrogens (tertiary/aromatic N) is 1. The highest BCUT2D eigenvalue weighted by Crippen LogP contribution is 2.14. The van der Waals surface area contributed by atoms with Gasteiger partial charge in [-0.25, -0.2) is 4.79 Å². The maximum atomic E-state index is 11.5. The van der Waals surface area contributed by atoms with E-state index in [2.05, 4.69) is 10.3 Å². The van der Waals surface area contributed by atoms with Gasteiger partial charge in [-0.1, -0.05) is 12.1 Å². The first-order valence-electron chi connectivity index (χ1n) is 6.60. The van der Waals surface area contributed by atoms with Gasteiger partial charge >= 0.3 is 5.69 Å². The Kier molecular flexibility index (Phi) is 3.47. The van der Waals surface area contributed by atoms with Crippen LogP contribution < -0.4 is 11.0 Å². The van der Waals surface area contributed by atoms with Gasteiger partial charge in [-0.3, -0.25) is 4.57 Å². The first-order valence-corrected chi connectivity index (χ1v) is 6.60. The zero-order chi connectivity index (χ0) is 14.7. The first kappa shape index (κ1) is 13.1. The molecule has 0 amide bonds. The predicted molar refractivity (Wildman–Crippen MR) is 81.8 cm³/mol. The lowest BCUT2D eigenvalue weighted by Crippen LogP contribution is -2.13. The van der Waals surface area contributed by atoms with Crippen LogP contribution >= 0.6 is 0 Å². The van der Waals surface area contributed by atoms with E-state index in [0.717, 1.165) is 16.9 Å². The van der Waals surface area contributed by atoms with Gasteiger partial charge in [-0.15, -0.1) is 0 Å². The monoisotopic (exact) mass is 281 g/mol. The summed E-state index contributed by atoms with van der Waals surface area (Å²) in [4.78, 5) is 14.1. The highest BCUT2D eigenvalue weighted by Gasteiger charge is 2.00. The summed E-state index contributed by atoms with van der Waals surface area (Å²) in [5.41, 5.74) is 2.71. The van der Waals surface area contributed by atoms with Crippen LogP contribution in [0.5, 0.6) is 5.75 Å². The van der Waals surface area contributed by atoms with Crippen molar-refractivity contribution >= 4 is 5.69 Å². The van der Waals surface area contributed by atoms with Crippen molar-refractivity contribution in [1.29, 1.82) is 0 Å². The topological polar surface area (TPSA) is 70.0 Å². The summed E-state index contributed by atoms with van der Waals surface area (Å²) >= 11 is 0. The molecule has 0 aliphatic heterocycles. The number of hydrogen-bond donors (Lipinski definition) is 3. The number of phenolic OH excluding ortho intramolecular Hbond substituents is 1. The molecule has 0 atom stereocenters. The quantitative estimate of drug-likeness (QED) is 0.688. The average Bonchev–Trinajstić information content (AvgIpc) is 2.93. The normalized spacial score (nSPS) is 10.5. The maximum absolute atomic E-state index is 11.5. The molecular weight excluding hydrogens is 266 g/mol. The highest BCUT2D eigenvalue weighted by atomic mass is 16.3. The number of benzene rings is 2. The van der Waals surface area contributed by atoms with Crippen LogP contribution in [0.25, 0.3) is 5.69 Å². The van der Waals surface area contributed by atoms with E-state index < -0.39 is 0 Å². The molecule has 0 unspecified atom stereocenters. The van der Waals surface area contributed by atoms with Gasteiger partial charge in [0.05, 0.1) is 5.69 Å². The number of phenols is 1. The largest absolute Gasteiger partial charge is 0.508 e. The minimum Gasteiger partial charge on any atom is -0.508 e. The van der Waals surface area contributed by atoms with Crippen molar-refractivity contribution in [1.82, 2.24) is 9.55 Å². The number of H-pyrrole nitrogens is 1. The lowest BCUT2D eigenvalue weighted by atomic mass is 10.2. The molecular formula is C16H15N3O2. The van der Waals surface area contributed by atoms with Crippen molar-refractivity contribution in [2.75, 3.05) is 5.32 Å². The van der Waals surface area contributed by atoms with Crippen molar-refractivity contribution < 1.29 is 5.11 Å². The molecule has 0 radical (unpaired) electrons. The van der Waals surface area contributed by atoms with Crippen LogP contribution in [0.15, 0.2) is 65.7 Å². The first-order chi connectivity index (χ1) is 10.2. The number of aromatic amines is 1. The van der Waals surface area contributed by atoms with Gasteiger partial charge in [0.1, 0.15) is 5.75 Å². The summed E-state index contributed by atoms with van der Waals surface area (Å²) in [7, 11) is 0. The Morgan fingerprint density at radius 2 is 1.76 bits per heavy atom. The third-order valence-electron chi connectivity index (χ3n) is 3.23. The Balaban J connectivity index is 1.69. The number of hydrogen-bond acceptors (Lipinski definition) is 3. The van der Waals surface area contributed by atoms with Gasteiger partial charge in [0.2, 0.25) is 0 Å². The van der Waals surface area contributed by atoms with E-state index in [-0.39, 0.29) is 11.4 Å². The Labute approximate surface area is 121 Å². The molecule has 0 spiro atoms. The van der Waals surface area contributed by atoms with E-state index in [0.29, 0.717) is 6.54 Å². The van der Waals surface area contributed by atoms with Crippen molar-refractivity contribution in [3.05, 3.63) is 77.0 Å². The molecule has 0 aliphatic rings. The van der Waals surface area contributed by atoms with Gasteiger partial charge in [-0.05, 0) is 42.0 Å². The van der Waals surface area contributed by atoms with Crippen LogP contribution in [0.3, 0.4) is 0 Å². The van der Waals surface area contributed by atoms with Crippen LogP contribution in [0, 0.1) is 0 Å². The molecule has 0 saturated heterocycles.